The second-order valence-electron chi connectivity index (χ2n) is 7.02. The number of carbonyl (C=O) groups is 1. The van der Waals surface area contributed by atoms with Crippen LogP contribution in [0.2, 0.25) is 0 Å². The van der Waals surface area contributed by atoms with Crippen molar-refractivity contribution in [3.63, 3.8) is 0 Å². The monoisotopic (exact) mass is 376 g/mol. The number of amides is 1. The van der Waals surface area contributed by atoms with Crippen LogP contribution >= 0.6 is 0 Å². The average molecular weight is 376 g/mol. The standard InChI is InChI=1S/C22H24N4O2/c1-16-6-5-9-18-20(16)23-15-24-21(18)25-19(14-17-7-3-2-4-8-17)22(27)26-10-12-28-13-11-26/h2-9,15,19H,10-14H2,1H3,(H,23,24,25). The van der Waals surface area contributed by atoms with Crippen LogP contribution in [0.25, 0.3) is 10.9 Å². The van der Waals surface area contributed by atoms with Crippen molar-refractivity contribution in [1.82, 2.24) is 14.9 Å². The Bertz CT molecular complexity index is 955. The minimum atomic E-state index is -0.404. The summed E-state index contributed by atoms with van der Waals surface area (Å²) in [6, 6.07) is 15.7. The number of aromatic nitrogens is 2. The number of aryl methyl sites for hydroxylation is 1. The van der Waals surface area contributed by atoms with Crippen LogP contribution in [-0.4, -0.2) is 53.1 Å². The Morgan fingerprint density at radius 2 is 1.89 bits per heavy atom. The van der Waals surface area contributed by atoms with Gasteiger partial charge in [0.1, 0.15) is 18.2 Å². The fourth-order valence-corrected chi connectivity index (χ4v) is 3.57. The number of nitrogens with zero attached hydrogens (tertiary/aromatic N) is 3. The molecule has 1 saturated heterocycles. The van der Waals surface area contributed by atoms with E-state index in [0.29, 0.717) is 38.5 Å². The highest BCUT2D eigenvalue weighted by Gasteiger charge is 2.27. The number of hydrogen-bond acceptors (Lipinski definition) is 5. The Balaban J connectivity index is 1.65. The zero-order valence-corrected chi connectivity index (χ0v) is 16.0. The molecule has 0 bridgehead atoms. The quantitative estimate of drug-likeness (QED) is 0.742. The van der Waals surface area contributed by atoms with E-state index < -0.39 is 6.04 Å². The van der Waals surface area contributed by atoms with Gasteiger partial charge in [-0.15, -0.1) is 0 Å². The van der Waals surface area contributed by atoms with Crippen molar-refractivity contribution >= 4 is 22.6 Å². The first-order valence-corrected chi connectivity index (χ1v) is 9.60. The van der Waals surface area contributed by atoms with Gasteiger partial charge in [0.2, 0.25) is 5.91 Å². The fourth-order valence-electron chi connectivity index (χ4n) is 3.57. The molecule has 2 heterocycles. The smallest absolute Gasteiger partial charge is 0.245 e. The van der Waals surface area contributed by atoms with Crippen LogP contribution in [0, 0.1) is 6.92 Å². The minimum Gasteiger partial charge on any atom is -0.378 e. The van der Waals surface area contributed by atoms with Crippen molar-refractivity contribution < 1.29 is 9.53 Å². The van der Waals surface area contributed by atoms with Gasteiger partial charge in [-0.3, -0.25) is 4.79 Å². The number of anilines is 1. The second-order valence-corrected chi connectivity index (χ2v) is 7.02. The van der Waals surface area contributed by atoms with E-state index in [9.17, 15) is 4.79 Å². The first-order valence-electron chi connectivity index (χ1n) is 9.60. The van der Waals surface area contributed by atoms with Gasteiger partial charge < -0.3 is 15.0 Å². The van der Waals surface area contributed by atoms with Crippen molar-refractivity contribution in [2.45, 2.75) is 19.4 Å². The zero-order valence-electron chi connectivity index (χ0n) is 16.0. The normalized spacial score (nSPS) is 15.4. The Kier molecular flexibility index (Phi) is 5.48. The number of rotatable bonds is 5. The van der Waals surface area contributed by atoms with E-state index in [2.05, 4.69) is 15.3 Å². The molecule has 1 N–H and O–H groups in total. The number of benzene rings is 2. The molecule has 3 aromatic rings. The van der Waals surface area contributed by atoms with Gasteiger partial charge in [-0.2, -0.15) is 0 Å². The summed E-state index contributed by atoms with van der Waals surface area (Å²) < 4.78 is 5.40. The number of fused-ring (bicyclic) bond motifs is 1. The molecule has 1 amide bonds. The first-order chi connectivity index (χ1) is 13.7. The Hall–Kier alpha value is -2.99. The summed E-state index contributed by atoms with van der Waals surface area (Å²) in [6.07, 6.45) is 2.14. The molecule has 2 aromatic carbocycles. The number of ether oxygens (including phenoxy) is 1. The minimum absolute atomic E-state index is 0.0755. The molecule has 4 rings (SSSR count). The average Bonchev–Trinajstić information content (AvgIpc) is 2.75. The third-order valence-electron chi connectivity index (χ3n) is 5.08. The maximum Gasteiger partial charge on any atom is 0.245 e. The molecular formula is C22H24N4O2. The lowest BCUT2D eigenvalue weighted by atomic mass is 10.0. The van der Waals surface area contributed by atoms with Crippen LogP contribution in [0.3, 0.4) is 0 Å². The van der Waals surface area contributed by atoms with Crippen LogP contribution < -0.4 is 5.32 Å². The molecule has 1 unspecified atom stereocenters. The van der Waals surface area contributed by atoms with Gasteiger partial charge in [0.05, 0.1) is 18.7 Å². The predicted molar refractivity (Wildman–Crippen MR) is 109 cm³/mol. The van der Waals surface area contributed by atoms with Crippen molar-refractivity contribution in [3.05, 3.63) is 66.0 Å². The molecule has 144 valence electrons. The van der Waals surface area contributed by atoms with E-state index in [0.717, 1.165) is 22.0 Å². The molecule has 6 nitrogen and oxygen atoms in total. The maximum absolute atomic E-state index is 13.3. The molecular weight excluding hydrogens is 352 g/mol. The summed E-state index contributed by atoms with van der Waals surface area (Å²) in [5, 5.41) is 4.34. The Morgan fingerprint density at radius 1 is 1.11 bits per heavy atom. The lowest BCUT2D eigenvalue weighted by Crippen LogP contribution is -2.48. The largest absolute Gasteiger partial charge is 0.378 e. The summed E-state index contributed by atoms with van der Waals surface area (Å²) in [5.74, 6) is 0.766. The van der Waals surface area contributed by atoms with E-state index in [1.165, 1.54) is 0 Å². The summed E-state index contributed by atoms with van der Waals surface area (Å²) in [5.41, 5.74) is 3.09. The van der Waals surface area contributed by atoms with Crippen molar-refractivity contribution in [1.29, 1.82) is 0 Å². The molecule has 1 aromatic heterocycles. The Morgan fingerprint density at radius 3 is 2.68 bits per heavy atom. The molecule has 0 radical (unpaired) electrons. The Labute approximate surface area is 164 Å². The number of nitrogens with one attached hydrogen (secondary N) is 1. The summed E-state index contributed by atoms with van der Waals surface area (Å²) in [4.78, 5) is 24.0. The summed E-state index contributed by atoms with van der Waals surface area (Å²) >= 11 is 0. The number of hydrogen-bond donors (Lipinski definition) is 1. The van der Waals surface area contributed by atoms with E-state index >= 15 is 0 Å². The van der Waals surface area contributed by atoms with Gasteiger partial charge in [-0.25, -0.2) is 9.97 Å². The van der Waals surface area contributed by atoms with Crippen molar-refractivity contribution in [2.24, 2.45) is 0 Å². The molecule has 0 spiro atoms. The molecule has 1 aliphatic rings. The predicted octanol–water partition coefficient (Wildman–Crippen LogP) is 2.82. The highest BCUT2D eigenvalue weighted by Crippen LogP contribution is 2.23. The highest BCUT2D eigenvalue weighted by molar-refractivity contribution is 5.93. The van der Waals surface area contributed by atoms with Crippen LogP contribution in [0.15, 0.2) is 54.9 Å². The summed E-state index contributed by atoms with van der Waals surface area (Å²) in [7, 11) is 0. The number of morpholine rings is 1. The lowest BCUT2D eigenvalue weighted by molar-refractivity contribution is -0.136. The highest BCUT2D eigenvalue weighted by atomic mass is 16.5. The lowest BCUT2D eigenvalue weighted by Gasteiger charge is -2.31. The molecule has 0 aliphatic carbocycles. The second kappa shape index (κ2) is 8.35. The van der Waals surface area contributed by atoms with Crippen LogP contribution in [0.5, 0.6) is 0 Å². The molecule has 1 atom stereocenters. The van der Waals surface area contributed by atoms with Gasteiger partial charge in [-0.05, 0) is 24.1 Å². The van der Waals surface area contributed by atoms with Gasteiger partial charge >= 0.3 is 0 Å². The van der Waals surface area contributed by atoms with E-state index in [4.69, 9.17) is 4.74 Å². The van der Waals surface area contributed by atoms with Gasteiger partial charge in [0, 0.05) is 24.9 Å². The molecule has 28 heavy (non-hydrogen) atoms. The number of para-hydroxylation sites is 1. The van der Waals surface area contributed by atoms with Crippen molar-refractivity contribution in [3.8, 4) is 0 Å². The fraction of sp³-hybridized carbons (Fsp3) is 0.318. The SMILES string of the molecule is Cc1cccc2c(NC(Cc3ccccc3)C(=O)N3CCOCC3)ncnc12. The van der Waals surface area contributed by atoms with E-state index in [-0.39, 0.29) is 5.91 Å². The van der Waals surface area contributed by atoms with Gasteiger partial charge in [0.15, 0.2) is 0 Å². The number of carbonyl (C=O) groups excluding carboxylic acids is 1. The van der Waals surface area contributed by atoms with Gasteiger partial charge in [0.25, 0.3) is 0 Å². The van der Waals surface area contributed by atoms with E-state index in [1.54, 1.807) is 6.33 Å². The topological polar surface area (TPSA) is 67.4 Å². The van der Waals surface area contributed by atoms with Gasteiger partial charge in [-0.1, -0.05) is 42.5 Å². The molecule has 1 aliphatic heterocycles. The third-order valence-corrected chi connectivity index (χ3v) is 5.08. The van der Waals surface area contributed by atoms with Crippen LogP contribution in [0.1, 0.15) is 11.1 Å². The van der Waals surface area contributed by atoms with Crippen molar-refractivity contribution in [2.75, 3.05) is 31.6 Å². The maximum atomic E-state index is 13.3. The zero-order chi connectivity index (χ0) is 19.3. The van der Waals surface area contributed by atoms with Crippen LogP contribution in [-0.2, 0) is 16.0 Å². The summed E-state index contributed by atoms with van der Waals surface area (Å²) in [6.45, 7) is 4.43. The molecule has 1 fully saturated rings. The molecule has 0 saturated carbocycles. The molecule has 6 heteroatoms. The van der Waals surface area contributed by atoms with Crippen LogP contribution in [0.4, 0.5) is 5.82 Å². The van der Waals surface area contributed by atoms with E-state index in [1.807, 2.05) is 60.4 Å². The first kappa shape index (κ1) is 18.4. The third kappa shape index (κ3) is 3.97.